The Hall–Kier alpha value is -1.94. The molecule has 0 aliphatic rings. The number of benzene rings is 1. The zero-order valence-electron chi connectivity index (χ0n) is 10.1. The molecule has 2 N–H and O–H groups in total. The number of rotatable bonds is 4. The monoisotopic (exact) mass is 246 g/mol. The molecule has 2 rings (SSSR count). The van der Waals surface area contributed by atoms with Crippen LogP contribution in [0.3, 0.4) is 0 Å². The molecule has 0 spiro atoms. The Morgan fingerprint density at radius 1 is 1.33 bits per heavy atom. The fourth-order valence-corrected chi connectivity index (χ4v) is 1.74. The van der Waals surface area contributed by atoms with Crippen molar-refractivity contribution in [1.82, 2.24) is 10.3 Å². The van der Waals surface area contributed by atoms with Gasteiger partial charge in [0.25, 0.3) is 0 Å². The molecule has 1 heterocycles. The van der Waals surface area contributed by atoms with E-state index >= 15 is 0 Å². The predicted octanol–water partition coefficient (Wildman–Crippen LogP) is 2.78. The molecule has 2 aromatic rings. The number of phenolic OH excluding ortho intramolecular Hbond substituents is 1. The molecular weight excluding hydrogens is 231 g/mol. The maximum absolute atomic E-state index is 13.1. The van der Waals surface area contributed by atoms with Gasteiger partial charge in [-0.1, -0.05) is 6.07 Å². The van der Waals surface area contributed by atoms with Crippen LogP contribution in [0, 0.1) is 5.82 Å². The van der Waals surface area contributed by atoms with E-state index in [1.807, 2.05) is 25.1 Å². The van der Waals surface area contributed by atoms with E-state index in [-0.39, 0.29) is 11.8 Å². The summed E-state index contributed by atoms with van der Waals surface area (Å²) in [5, 5.41) is 12.5. The number of pyridine rings is 1. The second-order valence-electron chi connectivity index (χ2n) is 4.17. The summed E-state index contributed by atoms with van der Waals surface area (Å²) in [6.45, 7) is 2.46. The van der Waals surface area contributed by atoms with Gasteiger partial charge in [-0.25, -0.2) is 4.39 Å². The highest BCUT2D eigenvalue weighted by Crippen LogP contribution is 2.16. The van der Waals surface area contributed by atoms with Crippen molar-refractivity contribution < 1.29 is 9.50 Å². The maximum atomic E-state index is 13.1. The quantitative estimate of drug-likeness (QED) is 0.872. The van der Waals surface area contributed by atoms with E-state index in [1.165, 1.54) is 6.07 Å². The minimum atomic E-state index is -0.433. The smallest absolute Gasteiger partial charge is 0.127 e. The highest BCUT2D eigenvalue weighted by molar-refractivity contribution is 5.28. The summed E-state index contributed by atoms with van der Waals surface area (Å²) in [6, 6.07) is 9.82. The SMILES string of the molecule is C[C@H](NCc1cc(O)cc(F)c1)c1ccccn1. The van der Waals surface area contributed by atoms with Crippen molar-refractivity contribution in [2.75, 3.05) is 0 Å². The Balaban J connectivity index is 1.99. The van der Waals surface area contributed by atoms with Crippen molar-refractivity contribution in [3.8, 4) is 5.75 Å². The van der Waals surface area contributed by atoms with Gasteiger partial charge in [0.2, 0.25) is 0 Å². The largest absolute Gasteiger partial charge is 0.508 e. The normalized spacial score (nSPS) is 12.3. The lowest BCUT2D eigenvalue weighted by Crippen LogP contribution is -2.19. The van der Waals surface area contributed by atoms with Gasteiger partial charge in [-0.05, 0) is 36.8 Å². The number of hydrogen-bond acceptors (Lipinski definition) is 3. The lowest BCUT2D eigenvalue weighted by Gasteiger charge is -2.13. The first-order chi connectivity index (χ1) is 8.65. The van der Waals surface area contributed by atoms with Gasteiger partial charge in [0.05, 0.1) is 5.69 Å². The Morgan fingerprint density at radius 2 is 2.17 bits per heavy atom. The van der Waals surface area contributed by atoms with E-state index in [9.17, 15) is 9.50 Å². The zero-order chi connectivity index (χ0) is 13.0. The Labute approximate surface area is 105 Å². The molecule has 3 nitrogen and oxygen atoms in total. The van der Waals surface area contributed by atoms with Crippen LogP contribution in [-0.4, -0.2) is 10.1 Å². The Kier molecular flexibility index (Phi) is 3.89. The number of nitrogens with one attached hydrogen (secondary N) is 1. The summed E-state index contributed by atoms with van der Waals surface area (Å²) in [6.07, 6.45) is 1.74. The van der Waals surface area contributed by atoms with E-state index in [1.54, 1.807) is 12.3 Å². The molecule has 0 unspecified atom stereocenters. The standard InChI is InChI=1S/C14H15FN2O/c1-10(14-4-2-3-5-16-14)17-9-11-6-12(15)8-13(18)7-11/h2-8,10,17-18H,9H2,1H3/t10-/m0/s1. The molecule has 0 fully saturated rings. The summed E-state index contributed by atoms with van der Waals surface area (Å²) in [7, 11) is 0. The topological polar surface area (TPSA) is 45.1 Å². The van der Waals surface area contributed by atoms with Crippen molar-refractivity contribution in [2.45, 2.75) is 19.5 Å². The van der Waals surface area contributed by atoms with E-state index in [0.717, 1.165) is 11.8 Å². The van der Waals surface area contributed by atoms with Gasteiger partial charge in [-0.3, -0.25) is 4.98 Å². The van der Waals surface area contributed by atoms with Gasteiger partial charge < -0.3 is 10.4 Å². The van der Waals surface area contributed by atoms with Gasteiger partial charge >= 0.3 is 0 Å². The molecule has 0 aliphatic heterocycles. The molecule has 0 bridgehead atoms. The molecule has 0 saturated heterocycles. The zero-order valence-corrected chi connectivity index (χ0v) is 10.1. The van der Waals surface area contributed by atoms with Crippen molar-refractivity contribution >= 4 is 0 Å². The number of phenols is 1. The highest BCUT2D eigenvalue weighted by Gasteiger charge is 2.06. The summed E-state index contributed by atoms with van der Waals surface area (Å²) >= 11 is 0. The first kappa shape index (κ1) is 12.5. The molecule has 4 heteroatoms. The second kappa shape index (κ2) is 5.60. The van der Waals surface area contributed by atoms with Crippen molar-refractivity contribution in [3.05, 3.63) is 59.7 Å². The first-order valence-electron chi connectivity index (χ1n) is 5.78. The lowest BCUT2D eigenvalue weighted by atomic mass is 10.1. The molecule has 18 heavy (non-hydrogen) atoms. The Bertz CT molecular complexity index is 496. The average Bonchev–Trinajstić information content (AvgIpc) is 2.36. The lowest BCUT2D eigenvalue weighted by molar-refractivity contribution is 0.466. The van der Waals surface area contributed by atoms with E-state index in [0.29, 0.717) is 12.1 Å². The van der Waals surface area contributed by atoms with Crippen molar-refractivity contribution in [2.24, 2.45) is 0 Å². The molecule has 0 amide bonds. The minimum Gasteiger partial charge on any atom is -0.508 e. The summed E-state index contributed by atoms with van der Waals surface area (Å²) in [4.78, 5) is 4.24. The third kappa shape index (κ3) is 3.28. The number of nitrogens with zero attached hydrogens (tertiary/aromatic N) is 1. The third-order valence-electron chi connectivity index (χ3n) is 2.69. The summed E-state index contributed by atoms with van der Waals surface area (Å²) < 4.78 is 13.1. The van der Waals surface area contributed by atoms with Crippen molar-refractivity contribution in [1.29, 1.82) is 0 Å². The van der Waals surface area contributed by atoms with Crippen LogP contribution in [0.25, 0.3) is 0 Å². The van der Waals surface area contributed by atoms with Crippen LogP contribution >= 0.6 is 0 Å². The second-order valence-corrected chi connectivity index (χ2v) is 4.17. The van der Waals surface area contributed by atoms with Crippen LogP contribution < -0.4 is 5.32 Å². The number of aromatic hydroxyl groups is 1. The number of hydrogen-bond donors (Lipinski definition) is 2. The number of halogens is 1. The van der Waals surface area contributed by atoms with Crippen LogP contribution in [0.1, 0.15) is 24.2 Å². The molecule has 94 valence electrons. The minimum absolute atomic E-state index is 0.0581. The molecule has 1 atom stereocenters. The van der Waals surface area contributed by atoms with Gasteiger partial charge in [0.15, 0.2) is 0 Å². The van der Waals surface area contributed by atoms with Crippen molar-refractivity contribution in [3.63, 3.8) is 0 Å². The Morgan fingerprint density at radius 3 is 2.83 bits per heavy atom. The van der Waals surface area contributed by atoms with Gasteiger partial charge in [0.1, 0.15) is 11.6 Å². The highest BCUT2D eigenvalue weighted by atomic mass is 19.1. The molecular formula is C14H15FN2O. The van der Waals surface area contributed by atoms with Crippen LogP contribution in [0.15, 0.2) is 42.6 Å². The van der Waals surface area contributed by atoms with Gasteiger partial charge in [0, 0.05) is 24.8 Å². The maximum Gasteiger partial charge on any atom is 0.127 e. The van der Waals surface area contributed by atoms with E-state index in [2.05, 4.69) is 10.3 Å². The van der Waals surface area contributed by atoms with Crippen LogP contribution in [0.5, 0.6) is 5.75 Å². The molecule has 0 aliphatic carbocycles. The third-order valence-corrected chi connectivity index (χ3v) is 2.69. The van der Waals surface area contributed by atoms with Gasteiger partial charge in [-0.15, -0.1) is 0 Å². The molecule has 1 aromatic heterocycles. The molecule has 0 radical (unpaired) electrons. The summed E-state index contributed by atoms with van der Waals surface area (Å²) in [5.41, 5.74) is 1.63. The molecule has 0 saturated carbocycles. The fourth-order valence-electron chi connectivity index (χ4n) is 1.74. The summed E-state index contributed by atoms with van der Waals surface area (Å²) in [5.74, 6) is -0.491. The predicted molar refractivity (Wildman–Crippen MR) is 67.6 cm³/mol. The van der Waals surface area contributed by atoms with Crippen LogP contribution in [0.4, 0.5) is 4.39 Å². The number of aromatic nitrogens is 1. The van der Waals surface area contributed by atoms with E-state index in [4.69, 9.17) is 0 Å². The van der Waals surface area contributed by atoms with E-state index < -0.39 is 5.82 Å². The van der Waals surface area contributed by atoms with Gasteiger partial charge in [-0.2, -0.15) is 0 Å². The van der Waals surface area contributed by atoms with Crippen LogP contribution in [0.2, 0.25) is 0 Å². The first-order valence-corrected chi connectivity index (χ1v) is 5.78. The fraction of sp³-hybridized carbons (Fsp3) is 0.214. The molecule has 1 aromatic carbocycles. The van der Waals surface area contributed by atoms with Crippen LogP contribution in [-0.2, 0) is 6.54 Å². The average molecular weight is 246 g/mol.